The fourth-order valence-corrected chi connectivity index (χ4v) is 16.4. The Morgan fingerprint density at radius 3 is 0.522 bits per heavy atom. The Morgan fingerprint density at radius 2 is 0.348 bits per heavy atom. The molecule has 0 aromatic heterocycles. The van der Waals surface area contributed by atoms with Crippen molar-refractivity contribution in [1.29, 1.82) is 0 Å². The minimum absolute atomic E-state index is 0.114. The fourth-order valence-electron chi connectivity index (χ4n) is 16.4. The first-order valence-electron chi connectivity index (χ1n) is 31.7. The maximum absolute atomic E-state index is 13.6. The molecule has 0 nitrogen and oxygen atoms in total. The molecule has 402 valence electrons. The zero-order chi connectivity index (χ0) is 50.2. The molecule has 12 aliphatic carbocycles. The van der Waals surface area contributed by atoms with Crippen molar-refractivity contribution in [2.75, 3.05) is 0 Å². The molecule has 12 saturated carbocycles. The van der Waals surface area contributed by atoms with E-state index in [1.165, 1.54) is 186 Å². The molecule has 0 bridgehead atoms. The summed E-state index contributed by atoms with van der Waals surface area (Å²) < 4.78 is 13.6. The second-order valence-corrected chi connectivity index (χ2v) is 34.1. The average Bonchev–Trinajstić information content (AvgIpc) is 4.07. The summed E-state index contributed by atoms with van der Waals surface area (Å²) in [6, 6.07) is 0. The van der Waals surface area contributed by atoms with Gasteiger partial charge in [-0.3, -0.25) is 0 Å². The lowest BCUT2D eigenvalue weighted by Gasteiger charge is -2.49. The predicted octanol–water partition coefficient (Wildman–Crippen LogP) is 23.3. The minimum atomic E-state index is -0.816. The average molecular weight is 960 g/mol. The summed E-state index contributed by atoms with van der Waals surface area (Å²) >= 11 is 0. The van der Waals surface area contributed by atoms with Crippen molar-refractivity contribution in [2.45, 2.75) is 365 Å². The van der Waals surface area contributed by atoms with Crippen LogP contribution in [-0.4, -0.2) is 5.67 Å². The Hall–Kier alpha value is -0.0700. The molecular formula is C68H123F. The zero-order valence-electron chi connectivity index (χ0n) is 49.6. The summed E-state index contributed by atoms with van der Waals surface area (Å²) in [5, 5.41) is 0. The van der Waals surface area contributed by atoms with Crippen LogP contribution in [0.3, 0.4) is 0 Å². The number of hydrogen-bond acceptors (Lipinski definition) is 0. The van der Waals surface area contributed by atoms with Crippen molar-refractivity contribution in [1.82, 2.24) is 0 Å². The van der Waals surface area contributed by atoms with Crippen molar-refractivity contribution in [3.8, 4) is 0 Å². The molecule has 0 heterocycles. The van der Waals surface area contributed by atoms with Crippen molar-refractivity contribution in [3.63, 3.8) is 0 Å². The Balaban J connectivity index is 0.000000122. The smallest absolute Gasteiger partial charge is 0.114 e. The summed E-state index contributed by atoms with van der Waals surface area (Å²) in [5.74, 6) is 0. The summed E-state index contributed by atoms with van der Waals surface area (Å²) in [4.78, 5) is 0. The van der Waals surface area contributed by atoms with Gasteiger partial charge in [0, 0.05) is 5.41 Å². The molecule has 12 rings (SSSR count). The van der Waals surface area contributed by atoms with E-state index in [1.807, 2.05) is 0 Å². The van der Waals surface area contributed by atoms with Gasteiger partial charge in [0.25, 0.3) is 0 Å². The van der Waals surface area contributed by atoms with E-state index in [1.54, 1.807) is 71.1 Å². The molecule has 0 radical (unpaired) electrons. The molecule has 1 unspecified atom stereocenters. The van der Waals surface area contributed by atoms with Gasteiger partial charge in [-0.15, -0.1) is 0 Å². The Labute approximate surface area is 432 Å². The molecule has 12 aliphatic rings. The SMILES string of the molecule is CC1(C)CCC2(CC1)CC2.CC1(C)CCC2(CC1)CC2(C)F.CC1(C)CCC2(CCC2)CC1.CC1(C)CCC2(CCC2)CC1.CC1(C)CCC2(CCCC2)CC1.CC1(C)CCC2(CCCCC2)CC1. The maximum atomic E-state index is 13.6. The van der Waals surface area contributed by atoms with Gasteiger partial charge < -0.3 is 0 Å². The first-order chi connectivity index (χ1) is 32.0. The first kappa shape index (κ1) is 56.7. The van der Waals surface area contributed by atoms with E-state index >= 15 is 0 Å². The van der Waals surface area contributed by atoms with Gasteiger partial charge in [-0.05, 0) is 291 Å². The summed E-state index contributed by atoms with van der Waals surface area (Å²) in [6.07, 6.45) is 61.6. The summed E-state index contributed by atoms with van der Waals surface area (Å²) in [7, 11) is 0. The number of rotatable bonds is 0. The molecule has 0 N–H and O–H groups in total. The highest BCUT2D eigenvalue weighted by molar-refractivity contribution is 5.15. The predicted molar refractivity (Wildman–Crippen MR) is 301 cm³/mol. The van der Waals surface area contributed by atoms with Crippen LogP contribution in [0.1, 0.15) is 360 Å². The normalized spacial score (nSPS) is 34.7. The first-order valence-corrected chi connectivity index (χ1v) is 31.7. The molecule has 12 fully saturated rings. The van der Waals surface area contributed by atoms with Gasteiger partial charge in [0.2, 0.25) is 0 Å². The third kappa shape index (κ3) is 15.7. The van der Waals surface area contributed by atoms with Crippen LogP contribution >= 0.6 is 0 Å². The van der Waals surface area contributed by atoms with Gasteiger partial charge in [-0.2, -0.15) is 0 Å². The Morgan fingerprint density at radius 1 is 0.188 bits per heavy atom. The van der Waals surface area contributed by atoms with Crippen molar-refractivity contribution < 1.29 is 4.39 Å². The van der Waals surface area contributed by atoms with Crippen molar-refractivity contribution >= 4 is 0 Å². The molecule has 6 spiro atoms. The summed E-state index contributed by atoms with van der Waals surface area (Å²) in [5.41, 5.74) is 7.34. The number of hydrogen-bond donors (Lipinski definition) is 0. The van der Waals surface area contributed by atoms with Crippen LogP contribution in [-0.2, 0) is 0 Å². The number of alkyl halides is 1. The van der Waals surface area contributed by atoms with Crippen molar-refractivity contribution in [3.05, 3.63) is 0 Å². The lowest BCUT2D eigenvalue weighted by molar-refractivity contribution is 0.0290. The van der Waals surface area contributed by atoms with Crippen LogP contribution in [0.25, 0.3) is 0 Å². The lowest BCUT2D eigenvalue weighted by atomic mass is 9.56. The van der Waals surface area contributed by atoms with Crippen LogP contribution in [0.5, 0.6) is 0 Å². The van der Waals surface area contributed by atoms with E-state index in [4.69, 9.17) is 0 Å². The molecule has 0 aromatic carbocycles. The van der Waals surface area contributed by atoms with Gasteiger partial charge in [0.05, 0.1) is 0 Å². The molecule has 0 aromatic rings. The third-order valence-corrected chi connectivity index (χ3v) is 24.9. The van der Waals surface area contributed by atoms with Gasteiger partial charge in [-0.1, -0.05) is 128 Å². The Kier molecular flexibility index (Phi) is 17.4. The summed E-state index contributed by atoms with van der Waals surface area (Å²) in [6.45, 7) is 30.7. The molecular weight excluding hydrogens is 836 g/mol. The Bertz CT molecular complexity index is 1460. The minimum Gasteiger partial charge on any atom is -0.244 e. The number of halogens is 1. The highest BCUT2D eigenvalue weighted by Gasteiger charge is 2.66. The largest absolute Gasteiger partial charge is 0.244 e. The van der Waals surface area contributed by atoms with E-state index in [-0.39, 0.29) is 5.41 Å². The standard InChI is InChI=1S/C13H24.C12H22.C11H19F.2C11H20.C10H18/c1-12(2)8-10-13(11-9-12)6-4-3-5-7-13;1-11(2)7-9-12(10-8-11)5-3-4-6-12;1-9(2)4-6-11(7-5-9)8-10(11,3)12;2*1-10(2)6-8-11(9-7-10)4-3-5-11;1-9(2)3-5-10(6-4-9)7-8-10/h3-11H2,1-2H3;3-10H2,1-2H3;4-8H2,1-3H3;2*3-9H2,1-2H3;3-8H2,1-2H3. The van der Waals surface area contributed by atoms with Crippen LogP contribution in [0.15, 0.2) is 0 Å². The van der Waals surface area contributed by atoms with Gasteiger partial charge in [0.1, 0.15) is 5.67 Å². The third-order valence-electron chi connectivity index (χ3n) is 24.9. The van der Waals surface area contributed by atoms with Crippen LogP contribution in [0.2, 0.25) is 0 Å². The van der Waals surface area contributed by atoms with Gasteiger partial charge in [0.15, 0.2) is 0 Å². The van der Waals surface area contributed by atoms with E-state index in [2.05, 4.69) is 83.1 Å². The monoisotopic (exact) mass is 959 g/mol. The van der Waals surface area contributed by atoms with E-state index in [0.29, 0.717) is 32.5 Å². The second-order valence-electron chi connectivity index (χ2n) is 34.1. The molecule has 69 heavy (non-hydrogen) atoms. The van der Waals surface area contributed by atoms with E-state index in [9.17, 15) is 4.39 Å². The van der Waals surface area contributed by atoms with Crippen molar-refractivity contribution in [2.24, 2.45) is 65.0 Å². The highest BCUT2D eigenvalue weighted by Crippen LogP contribution is 2.68. The topological polar surface area (TPSA) is 0 Å². The lowest BCUT2D eigenvalue weighted by Crippen LogP contribution is -2.36. The van der Waals surface area contributed by atoms with Crippen LogP contribution in [0, 0.1) is 65.0 Å². The quantitative estimate of drug-likeness (QED) is 0.227. The molecule has 0 saturated heterocycles. The van der Waals surface area contributed by atoms with Gasteiger partial charge in [-0.25, -0.2) is 4.39 Å². The van der Waals surface area contributed by atoms with Gasteiger partial charge >= 0.3 is 0 Å². The van der Waals surface area contributed by atoms with Crippen LogP contribution < -0.4 is 0 Å². The molecule has 0 amide bonds. The van der Waals surface area contributed by atoms with E-state index in [0.717, 1.165) is 46.3 Å². The fraction of sp³-hybridized carbons (Fsp3) is 1.00. The maximum Gasteiger partial charge on any atom is 0.114 e. The second kappa shape index (κ2) is 21.2. The zero-order valence-corrected chi connectivity index (χ0v) is 49.6. The molecule has 0 aliphatic heterocycles. The highest BCUT2D eigenvalue weighted by atomic mass is 19.1. The van der Waals surface area contributed by atoms with E-state index < -0.39 is 5.67 Å². The molecule has 1 atom stereocenters. The molecule has 1 heteroatoms. The van der Waals surface area contributed by atoms with Crippen LogP contribution in [0.4, 0.5) is 4.39 Å².